The Kier molecular flexibility index (Phi) is 5.20. The molecule has 1 heterocycles. The molecule has 1 aliphatic heterocycles. The number of nitrogens with one attached hydrogen (secondary N) is 1. The van der Waals surface area contributed by atoms with Crippen LogP contribution in [0.3, 0.4) is 0 Å². The zero-order chi connectivity index (χ0) is 15.4. The van der Waals surface area contributed by atoms with E-state index in [0.717, 1.165) is 30.8 Å². The summed E-state index contributed by atoms with van der Waals surface area (Å²) in [7, 11) is 5.70. The zero-order valence-corrected chi connectivity index (χ0v) is 13.3. The Hall–Kier alpha value is -1.59. The van der Waals surface area contributed by atoms with Gasteiger partial charge in [0.2, 0.25) is 5.91 Å². The van der Waals surface area contributed by atoms with Gasteiger partial charge in [-0.05, 0) is 38.2 Å². The van der Waals surface area contributed by atoms with E-state index in [1.165, 1.54) is 0 Å². The molecule has 1 aliphatic rings. The SMILES string of the molecule is CCC1NC(c2cccc(OC)c2)N(CCN(C)C)C1=O. The van der Waals surface area contributed by atoms with Gasteiger partial charge in [0.25, 0.3) is 0 Å². The number of amides is 1. The predicted octanol–water partition coefficient (Wildman–Crippen LogP) is 1.47. The number of benzene rings is 1. The molecule has 0 aromatic heterocycles. The van der Waals surface area contributed by atoms with Gasteiger partial charge in [0, 0.05) is 13.1 Å². The van der Waals surface area contributed by atoms with Crippen LogP contribution in [0.2, 0.25) is 0 Å². The van der Waals surface area contributed by atoms with Gasteiger partial charge >= 0.3 is 0 Å². The van der Waals surface area contributed by atoms with Gasteiger partial charge in [-0.2, -0.15) is 0 Å². The van der Waals surface area contributed by atoms with E-state index in [1.807, 2.05) is 50.2 Å². The first-order valence-electron chi connectivity index (χ1n) is 7.42. The molecule has 0 spiro atoms. The molecule has 2 rings (SSSR count). The lowest BCUT2D eigenvalue weighted by Gasteiger charge is -2.26. The van der Waals surface area contributed by atoms with Gasteiger partial charge in [-0.15, -0.1) is 0 Å². The van der Waals surface area contributed by atoms with Crippen LogP contribution in [0, 0.1) is 0 Å². The number of carbonyl (C=O) groups is 1. The second-order valence-corrected chi connectivity index (χ2v) is 5.64. The second-order valence-electron chi connectivity index (χ2n) is 5.64. The van der Waals surface area contributed by atoms with Crippen molar-refractivity contribution in [1.82, 2.24) is 15.1 Å². The Labute approximate surface area is 126 Å². The van der Waals surface area contributed by atoms with Crippen LogP contribution in [-0.4, -0.2) is 56.0 Å². The molecule has 21 heavy (non-hydrogen) atoms. The average molecular weight is 291 g/mol. The first-order valence-corrected chi connectivity index (χ1v) is 7.42. The van der Waals surface area contributed by atoms with Crippen molar-refractivity contribution >= 4 is 5.91 Å². The van der Waals surface area contributed by atoms with Crippen molar-refractivity contribution in [1.29, 1.82) is 0 Å². The Balaban J connectivity index is 2.22. The number of carbonyl (C=O) groups excluding carboxylic acids is 1. The molecule has 1 saturated heterocycles. The topological polar surface area (TPSA) is 44.8 Å². The van der Waals surface area contributed by atoms with Gasteiger partial charge in [-0.25, -0.2) is 0 Å². The molecular weight excluding hydrogens is 266 g/mol. The number of nitrogens with zero attached hydrogens (tertiary/aromatic N) is 2. The fourth-order valence-corrected chi connectivity index (χ4v) is 2.61. The average Bonchev–Trinajstić information content (AvgIpc) is 2.81. The van der Waals surface area contributed by atoms with Crippen LogP contribution in [0.1, 0.15) is 25.1 Å². The van der Waals surface area contributed by atoms with E-state index >= 15 is 0 Å². The molecule has 0 bridgehead atoms. The summed E-state index contributed by atoms with van der Waals surface area (Å²) in [5.41, 5.74) is 1.07. The summed E-state index contributed by atoms with van der Waals surface area (Å²) in [5.74, 6) is 1.00. The van der Waals surface area contributed by atoms with Crippen molar-refractivity contribution in [2.45, 2.75) is 25.6 Å². The van der Waals surface area contributed by atoms with Crippen molar-refractivity contribution in [3.63, 3.8) is 0 Å². The Bertz CT molecular complexity index is 490. The maximum absolute atomic E-state index is 12.5. The van der Waals surface area contributed by atoms with Crippen LogP contribution in [0.25, 0.3) is 0 Å². The number of likely N-dealkylation sites (N-methyl/N-ethyl adjacent to an activating group) is 1. The summed E-state index contributed by atoms with van der Waals surface area (Å²) in [6.07, 6.45) is 0.732. The molecule has 0 aliphatic carbocycles. The summed E-state index contributed by atoms with van der Waals surface area (Å²) < 4.78 is 5.29. The molecule has 2 unspecified atom stereocenters. The molecule has 0 radical (unpaired) electrons. The molecule has 5 heteroatoms. The highest BCUT2D eigenvalue weighted by Crippen LogP contribution is 2.28. The molecule has 2 atom stereocenters. The Morgan fingerprint density at radius 1 is 1.38 bits per heavy atom. The lowest BCUT2D eigenvalue weighted by molar-refractivity contribution is -0.130. The monoisotopic (exact) mass is 291 g/mol. The van der Waals surface area contributed by atoms with Gasteiger partial charge in [0.05, 0.1) is 13.2 Å². The first kappa shape index (κ1) is 15.8. The number of hydrogen-bond acceptors (Lipinski definition) is 4. The Morgan fingerprint density at radius 3 is 2.76 bits per heavy atom. The van der Waals surface area contributed by atoms with Crippen molar-refractivity contribution in [3.05, 3.63) is 29.8 Å². The standard InChI is InChI=1S/C16H25N3O2/c1-5-14-16(20)19(10-9-18(2)3)15(17-14)12-7-6-8-13(11-12)21-4/h6-8,11,14-15,17H,5,9-10H2,1-4H3. The minimum Gasteiger partial charge on any atom is -0.497 e. The van der Waals surface area contributed by atoms with Gasteiger partial charge in [0.15, 0.2) is 0 Å². The predicted molar refractivity (Wildman–Crippen MR) is 83.2 cm³/mol. The summed E-state index contributed by atoms with van der Waals surface area (Å²) in [6.45, 7) is 3.61. The number of ether oxygens (including phenoxy) is 1. The minimum absolute atomic E-state index is 0.0718. The lowest BCUT2D eigenvalue weighted by atomic mass is 10.1. The maximum Gasteiger partial charge on any atom is 0.241 e. The van der Waals surface area contributed by atoms with Gasteiger partial charge in [-0.1, -0.05) is 19.1 Å². The molecule has 1 fully saturated rings. The van der Waals surface area contributed by atoms with E-state index in [0.29, 0.717) is 0 Å². The molecular formula is C16H25N3O2. The van der Waals surface area contributed by atoms with E-state index in [9.17, 15) is 4.79 Å². The van der Waals surface area contributed by atoms with Crippen molar-refractivity contribution in [2.75, 3.05) is 34.3 Å². The molecule has 1 amide bonds. The van der Waals surface area contributed by atoms with Crippen LogP contribution >= 0.6 is 0 Å². The number of hydrogen-bond donors (Lipinski definition) is 1. The minimum atomic E-state index is -0.0941. The molecule has 1 aromatic rings. The largest absolute Gasteiger partial charge is 0.497 e. The van der Waals surface area contributed by atoms with Crippen LogP contribution in [0.15, 0.2) is 24.3 Å². The smallest absolute Gasteiger partial charge is 0.241 e. The highest BCUT2D eigenvalue weighted by atomic mass is 16.5. The fourth-order valence-electron chi connectivity index (χ4n) is 2.61. The third-order valence-corrected chi connectivity index (χ3v) is 3.86. The number of methoxy groups -OCH3 is 1. The Morgan fingerprint density at radius 2 is 2.14 bits per heavy atom. The summed E-state index contributed by atoms with van der Waals surface area (Å²) in [6, 6.07) is 7.81. The quantitative estimate of drug-likeness (QED) is 0.862. The van der Waals surface area contributed by atoms with E-state index in [4.69, 9.17) is 4.74 Å². The van der Waals surface area contributed by atoms with Crippen LogP contribution in [-0.2, 0) is 4.79 Å². The van der Waals surface area contributed by atoms with Gasteiger partial charge in [-0.3, -0.25) is 10.1 Å². The van der Waals surface area contributed by atoms with E-state index in [-0.39, 0.29) is 18.1 Å². The maximum atomic E-state index is 12.5. The molecule has 1 N–H and O–H groups in total. The van der Waals surface area contributed by atoms with Crippen LogP contribution < -0.4 is 10.1 Å². The first-order chi connectivity index (χ1) is 10.1. The zero-order valence-electron chi connectivity index (χ0n) is 13.3. The number of rotatable bonds is 6. The lowest BCUT2D eigenvalue weighted by Crippen LogP contribution is -2.36. The molecule has 5 nitrogen and oxygen atoms in total. The van der Waals surface area contributed by atoms with E-state index in [2.05, 4.69) is 10.2 Å². The van der Waals surface area contributed by atoms with Gasteiger partial charge in [0.1, 0.15) is 11.9 Å². The van der Waals surface area contributed by atoms with Crippen molar-refractivity contribution in [2.24, 2.45) is 0 Å². The fraction of sp³-hybridized carbons (Fsp3) is 0.562. The third kappa shape index (κ3) is 3.54. The third-order valence-electron chi connectivity index (χ3n) is 3.86. The van der Waals surface area contributed by atoms with E-state index < -0.39 is 0 Å². The highest BCUT2D eigenvalue weighted by molar-refractivity contribution is 5.84. The molecule has 116 valence electrons. The second kappa shape index (κ2) is 6.91. The van der Waals surface area contributed by atoms with Crippen molar-refractivity contribution in [3.8, 4) is 5.75 Å². The van der Waals surface area contributed by atoms with Crippen molar-refractivity contribution < 1.29 is 9.53 Å². The summed E-state index contributed by atoms with van der Waals surface area (Å²) >= 11 is 0. The van der Waals surface area contributed by atoms with Crippen LogP contribution in [0.5, 0.6) is 5.75 Å². The summed E-state index contributed by atoms with van der Waals surface area (Å²) in [4.78, 5) is 16.5. The normalized spacial score (nSPS) is 22.1. The highest BCUT2D eigenvalue weighted by Gasteiger charge is 2.38. The van der Waals surface area contributed by atoms with Crippen LogP contribution in [0.4, 0.5) is 0 Å². The molecule has 0 saturated carbocycles. The van der Waals surface area contributed by atoms with Gasteiger partial charge < -0.3 is 14.5 Å². The summed E-state index contributed by atoms with van der Waals surface area (Å²) in [5, 5.41) is 3.43. The molecule has 1 aromatic carbocycles. The van der Waals surface area contributed by atoms with E-state index in [1.54, 1.807) is 7.11 Å².